The number of urea groups is 1. The summed E-state index contributed by atoms with van der Waals surface area (Å²) in [5.41, 5.74) is 5.63. The van der Waals surface area contributed by atoms with E-state index in [1.807, 2.05) is 35.2 Å². The van der Waals surface area contributed by atoms with Crippen LogP contribution in [0.4, 0.5) is 23.7 Å². The number of para-hydroxylation sites is 1. The van der Waals surface area contributed by atoms with E-state index in [9.17, 15) is 18.0 Å². The minimum absolute atomic E-state index is 0.0526. The molecule has 1 saturated heterocycles. The average molecular weight is 642 g/mol. The fourth-order valence-corrected chi connectivity index (χ4v) is 4.97. The highest BCUT2D eigenvalue weighted by Crippen LogP contribution is 2.23. The molecule has 4 rings (SSSR count). The number of carboxylic acid groups (broad SMARTS) is 1. The Morgan fingerprint density at radius 3 is 2.07 bits per heavy atom. The molecule has 0 spiro atoms. The normalized spacial score (nSPS) is 14.0. The highest BCUT2D eigenvalue weighted by molar-refractivity contribution is 5.89. The van der Waals surface area contributed by atoms with Gasteiger partial charge in [0.2, 0.25) is 0 Å². The van der Waals surface area contributed by atoms with Gasteiger partial charge in [-0.2, -0.15) is 13.2 Å². The Kier molecular flexibility index (Phi) is 14.5. The van der Waals surface area contributed by atoms with Gasteiger partial charge in [-0.25, -0.2) is 9.59 Å². The molecule has 46 heavy (non-hydrogen) atoms. The third-order valence-electron chi connectivity index (χ3n) is 7.50. The summed E-state index contributed by atoms with van der Waals surface area (Å²) in [5.74, 6) is -2.12. The maximum Gasteiger partial charge on any atom is 0.490 e. The van der Waals surface area contributed by atoms with Gasteiger partial charge in [-0.15, -0.1) is 0 Å². The minimum Gasteiger partial charge on any atom is -0.475 e. The van der Waals surface area contributed by atoms with E-state index in [1.165, 1.54) is 16.7 Å². The molecule has 0 radical (unpaired) electrons. The van der Waals surface area contributed by atoms with E-state index in [0.717, 1.165) is 63.5 Å². The van der Waals surface area contributed by atoms with Crippen molar-refractivity contribution in [1.82, 2.24) is 20.0 Å². The van der Waals surface area contributed by atoms with E-state index in [-0.39, 0.29) is 6.03 Å². The van der Waals surface area contributed by atoms with E-state index < -0.39 is 12.1 Å². The smallest absolute Gasteiger partial charge is 0.475 e. The number of nitrogens with zero attached hydrogens (tertiary/aromatic N) is 3. The number of carbonyl (C=O) groups is 2. The number of hydrogen-bond donors (Lipinski definition) is 3. The summed E-state index contributed by atoms with van der Waals surface area (Å²) in [5, 5.41) is 13.8. The van der Waals surface area contributed by atoms with Crippen LogP contribution in [0.5, 0.6) is 0 Å². The second kappa shape index (κ2) is 18.3. The fraction of sp³-hybridized carbons (Fsp3) is 0.429. The van der Waals surface area contributed by atoms with E-state index in [2.05, 4.69) is 89.9 Å². The molecule has 3 N–H and O–H groups in total. The van der Waals surface area contributed by atoms with Crippen LogP contribution >= 0.6 is 0 Å². The summed E-state index contributed by atoms with van der Waals surface area (Å²) in [6.07, 6.45) is -4.13. The number of amides is 2. The zero-order valence-electron chi connectivity index (χ0n) is 26.9. The van der Waals surface area contributed by atoms with Crippen LogP contribution in [-0.4, -0.2) is 90.8 Å². The van der Waals surface area contributed by atoms with Crippen molar-refractivity contribution in [2.75, 3.05) is 58.2 Å². The molecule has 3 aromatic carbocycles. The minimum atomic E-state index is -5.08. The van der Waals surface area contributed by atoms with Crippen molar-refractivity contribution in [1.29, 1.82) is 0 Å². The molecule has 1 aliphatic rings. The number of benzene rings is 3. The first kappa shape index (κ1) is 36.5. The third-order valence-corrected chi connectivity index (χ3v) is 7.50. The first-order valence-corrected chi connectivity index (χ1v) is 15.6. The van der Waals surface area contributed by atoms with Gasteiger partial charge < -0.3 is 30.4 Å². The molecule has 0 saturated carbocycles. The first-order valence-electron chi connectivity index (χ1n) is 15.6. The third kappa shape index (κ3) is 13.2. The van der Waals surface area contributed by atoms with Crippen molar-refractivity contribution < 1.29 is 27.9 Å². The Balaban J connectivity index is 0.000000738. The number of halogens is 3. The van der Waals surface area contributed by atoms with Gasteiger partial charge in [0.1, 0.15) is 0 Å². The van der Waals surface area contributed by atoms with Crippen LogP contribution in [0.2, 0.25) is 0 Å². The molecule has 1 fully saturated rings. The van der Waals surface area contributed by atoms with Crippen molar-refractivity contribution in [3.63, 3.8) is 0 Å². The van der Waals surface area contributed by atoms with E-state index >= 15 is 0 Å². The number of alkyl halides is 3. The van der Waals surface area contributed by atoms with Gasteiger partial charge in [0.15, 0.2) is 0 Å². The van der Waals surface area contributed by atoms with E-state index in [1.54, 1.807) is 0 Å². The summed E-state index contributed by atoms with van der Waals surface area (Å²) >= 11 is 0. The summed E-state index contributed by atoms with van der Waals surface area (Å²) in [6.45, 7) is 13.1. The van der Waals surface area contributed by atoms with Crippen molar-refractivity contribution in [2.24, 2.45) is 5.92 Å². The molecule has 0 aliphatic carbocycles. The number of piperazine rings is 1. The predicted molar refractivity (Wildman–Crippen MR) is 177 cm³/mol. The number of likely N-dealkylation sites (N-methyl/N-ethyl adjacent to an activating group) is 1. The quantitative estimate of drug-likeness (QED) is 0.212. The number of nitrogens with one attached hydrogen (secondary N) is 2. The zero-order chi connectivity index (χ0) is 33.5. The van der Waals surface area contributed by atoms with Crippen LogP contribution < -0.4 is 10.6 Å². The lowest BCUT2D eigenvalue weighted by Gasteiger charge is -2.33. The van der Waals surface area contributed by atoms with Crippen molar-refractivity contribution in [3.05, 3.63) is 90.0 Å². The Labute approximate surface area is 270 Å². The number of carboxylic acids is 1. The molecule has 3 aromatic rings. The van der Waals surface area contributed by atoms with E-state index in [0.29, 0.717) is 19.0 Å². The number of hydrogen-bond acceptors (Lipinski definition) is 5. The van der Waals surface area contributed by atoms with Crippen LogP contribution in [0.1, 0.15) is 31.4 Å². The maximum absolute atomic E-state index is 13.4. The molecular formula is C35H46F3N5O3. The molecule has 8 nitrogen and oxygen atoms in total. The summed E-state index contributed by atoms with van der Waals surface area (Å²) in [7, 11) is 2.18. The number of anilines is 1. The molecule has 0 aromatic heterocycles. The molecule has 0 bridgehead atoms. The van der Waals surface area contributed by atoms with Gasteiger partial charge in [0.05, 0.1) is 0 Å². The van der Waals surface area contributed by atoms with Crippen LogP contribution in [-0.2, 0) is 17.9 Å². The first-order chi connectivity index (χ1) is 21.9. The van der Waals surface area contributed by atoms with E-state index in [4.69, 9.17) is 9.90 Å². The van der Waals surface area contributed by atoms with Gasteiger partial charge in [-0.05, 0) is 79.0 Å². The van der Waals surface area contributed by atoms with Gasteiger partial charge in [0.25, 0.3) is 0 Å². The fourth-order valence-electron chi connectivity index (χ4n) is 4.97. The van der Waals surface area contributed by atoms with Crippen LogP contribution in [0.3, 0.4) is 0 Å². The zero-order valence-corrected chi connectivity index (χ0v) is 26.9. The Morgan fingerprint density at radius 2 is 1.48 bits per heavy atom. The number of carbonyl (C=O) groups excluding carboxylic acids is 1. The van der Waals surface area contributed by atoms with Crippen LogP contribution in [0.25, 0.3) is 11.1 Å². The largest absolute Gasteiger partial charge is 0.490 e. The van der Waals surface area contributed by atoms with Crippen molar-refractivity contribution >= 4 is 17.7 Å². The second-order valence-corrected chi connectivity index (χ2v) is 11.9. The molecule has 0 atom stereocenters. The van der Waals surface area contributed by atoms with Gasteiger partial charge >= 0.3 is 18.2 Å². The van der Waals surface area contributed by atoms with Crippen molar-refractivity contribution in [3.8, 4) is 11.1 Å². The Hall–Kier alpha value is -3.93. The summed E-state index contributed by atoms with van der Waals surface area (Å²) in [6, 6.07) is 27.0. The lowest BCUT2D eigenvalue weighted by Crippen LogP contribution is -2.45. The highest BCUT2D eigenvalue weighted by atomic mass is 19.4. The highest BCUT2D eigenvalue weighted by Gasteiger charge is 2.38. The molecule has 1 aliphatic heterocycles. The average Bonchev–Trinajstić information content (AvgIpc) is 3.02. The lowest BCUT2D eigenvalue weighted by atomic mass is 10.0. The molecule has 0 unspecified atom stereocenters. The topological polar surface area (TPSA) is 88.2 Å². The maximum atomic E-state index is 13.4. The number of aliphatic carboxylic acids is 1. The standard InChI is InChI=1S/C33H45N5O.C2HF3O2/c1-27(2)24-34-25-28-10-7-12-30(22-28)31-13-8-11-29(23-31)26-38(33(39)35-32-14-5-4-6-15-32)17-9-16-37-20-18-36(3)19-21-37;3-2(4,5)1(6)7/h4-8,10-15,22-23,27,34H,9,16-21,24-26H2,1-3H3,(H,35,39);(H,6,7). The SMILES string of the molecule is CC(C)CNCc1cccc(-c2cccc(CN(CCCN3CCN(C)CC3)C(=O)Nc3ccccc3)c2)c1.O=C(O)C(F)(F)F. The molecular weight excluding hydrogens is 595 g/mol. The number of rotatable bonds is 12. The Bertz CT molecular complexity index is 1360. The van der Waals surface area contributed by atoms with Crippen LogP contribution in [0, 0.1) is 5.92 Å². The summed E-state index contributed by atoms with van der Waals surface area (Å²) < 4.78 is 31.7. The van der Waals surface area contributed by atoms with Gasteiger partial charge in [-0.1, -0.05) is 68.4 Å². The summed E-state index contributed by atoms with van der Waals surface area (Å²) in [4.78, 5) is 29.1. The molecule has 250 valence electrons. The predicted octanol–water partition coefficient (Wildman–Crippen LogP) is 6.40. The second-order valence-electron chi connectivity index (χ2n) is 11.9. The Morgan fingerprint density at radius 1 is 0.891 bits per heavy atom. The monoisotopic (exact) mass is 641 g/mol. The molecule has 2 amide bonds. The van der Waals surface area contributed by atoms with Gasteiger partial charge in [-0.3, -0.25) is 0 Å². The molecule has 1 heterocycles. The molecule has 11 heteroatoms. The van der Waals surface area contributed by atoms with Crippen LogP contribution in [0.15, 0.2) is 78.9 Å². The lowest BCUT2D eigenvalue weighted by molar-refractivity contribution is -0.192. The van der Waals surface area contributed by atoms with Gasteiger partial charge in [0, 0.05) is 51.5 Å². The van der Waals surface area contributed by atoms with Crippen molar-refractivity contribution in [2.45, 2.75) is 39.5 Å².